The average molecular weight is 353 g/mol. The van der Waals surface area contributed by atoms with Crippen LogP contribution in [-0.4, -0.2) is 14.3 Å². The summed E-state index contributed by atoms with van der Waals surface area (Å²) in [5.74, 6) is -0.213. The summed E-state index contributed by atoms with van der Waals surface area (Å²) in [6.45, 7) is 3.43. The summed E-state index contributed by atoms with van der Waals surface area (Å²) in [5, 5.41) is 3.15. The molecule has 23 heavy (non-hydrogen) atoms. The molecule has 1 amide bonds. The quantitative estimate of drug-likeness (QED) is 0.868. The molecule has 0 aliphatic heterocycles. The van der Waals surface area contributed by atoms with Gasteiger partial charge in [0.05, 0.1) is 4.90 Å². The fraction of sp³-hybridized carbons (Fsp3) is 0.188. The summed E-state index contributed by atoms with van der Waals surface area (Å²) in [4.78, 5) is 11.1. The zero-order valence-electron chi connectivity index (χ0n) is 12.8. The van der Waals surface area contributed by atoms with Gasteiger partial charge in [-0.1, -0.05) is 17.7 Å². The molecule has 0 aromatic heterocycles. The lowest BCUT2D eigenvalue weighted by molar-refractivity contribution is -0.114. The maximum Gasteiger partial charge on any atom is 0.240 e. The molecule has 0 bridgehead atoms. The minimum absolute atomic E-state index is 0.131. The van der Waals surface area contributed by atoms with Gasteiger partial charge in [-0.2, -0.15) is 0 Å². The molecular weight excluding hydrogens is 336 g/mol. The summed E-state index contributed by atoms with van der Waals surface area (Å²) in [6, 6.07) is 11.3. The van der Waals surface area contributed by atoms with E-state index in [0.717, 1.165) is 11.1 Å². The Balaban J connectivity index is 2.12. The van der Waals surface area contributed by atoms with E-state index in [4.69, 9.17) is 11.6 Å². The Morgan fingerprint density at radius 1 is 1.13 bits per heavy atom. The van der Waals surface area contributed by atoms with Crippen LogP contribution in [0.4, 0.5) is 5.69 Å². The van der Waals surface area contributed by atoms with E-state index >= 15 is 0 Å². The van der Waals surface area contributed by atoms with E-state index in [-0.39, 0.29) is 17.3 Å². The fourth-order valence-electron chi connectivity index (χ4n) is 2.01. The molecule has 0 spiro atoms. The van der Waals surface area contributed by atoms with Gasteiger partial charge in [0.2, 0.25) is 15.9 Å². The van der Waals surface area contributed by atoms with Gasteiger partial charge in [0.15, 0.2) is 0 Å². The maximum atomic E-state index is 12.3. The zero-order valence-corrected chi connectivity index (χ0v) is 14.3. The zero-order chi connectivity index (χ0) is 17.0. The van der Waals surface area contributed by atoms with Crippen molar-refractivity contribution in [2.75, 3.05) is 5.32 Å². The van der Waals surface area contributed by atoms with Gasteiger partial charge in [-0.15, -0.1) is 0 Å². The van der Waals surface area contributed by atoms with Gasteiger partial charge < -0.3 is 5.32 Å². The first-order valence-electron chi connectivity index (χ1n) is 6.90. The second-order valence-corrected chi connectivity index (χ2v) is 7.30. The van der Waals surface area contributed by atoms with Crippen LogP contribution in [0.3, 0.4) is 0 Å². The van der Waals surface area contributed by atoms with Crippen molar-refractivity contribution in [2.45, 2.75) is 25.3 Å². The third-order valence-electron chi connectivity index (χ3n) is 3.25. The minimum Gasteiger partial charge on any atom is -0.326 e. The number of benzene rings is 2. The Morgan fingerprint density at radius 2 is 1.78 bits per heavy atom. The molecule has 0 radical (unpaired) electrons. The van der Waals surface area contributed by atoms with Crippen LogP contribution in [-0.2, 0) is 21.4 Å². The van der Waals surface area contributed by atoms with Crippen molar-refractivity contribution in [2.24, 2.45) is 0 Å². The van der Waals surface area contributed by atoms with Crippen LogP contribution in [0.1, 0.15) is 18.1 Å². The number of rotatable bonds is 5. The van der Waals surface area contributed by atoms with Crippen LogP contribution in [0.5, 0.6) is 0 Å². The Morgan fingerprint density at radius 3 is 2.39 bits per heavy atom. The molecule has 0 aliphatic carbocycles. The summed E-state index contributed by atoms with van der Waals surface area (Å²) >= 11 is 5.93. The van der Waals surface area contributed by atoms with Crippen LogP contribution in [0.25, 0.3) is 0 Å². The first-order valence-corrected chi connectivity index (χ1v) is 8.76. The molecule has 0 saturated heterocycles. The highest BCUT2D eigenvalue weighted by molar-refractivity contribution is 7.89. The van der Waals surface area contributed by atoms with Gasteiger partial charge in [0.25, 0.3) is 0 Å². The molecule has 0 atom stereocenters. The summed E-state index contributed by atoms with van der Waals surface area (Å²) < 4.78 is 27.2. The second kappa shape index (κ2) is 7.12. The number of hydrogen-bond acceptors (Lipinski definition) is 3. The van der Waals surface area contributed by atoms with E-state index in [1.165, 1.54) is 19.1 Å². The molecule has 2 rings (SSSR count). The molecule has 0 heterocycles. The third kappa shape index (κ3) is 4.79. The SMILES string of the molecule is CC(=O)Nc1ccc(S(=O)(=O)NCc2cc(Cl)ccc2C)cc1. The van der Waals surface area contributed by atoms with Crippen LogP contribution < -0.4 is 10.0 Å². The standard InChI is InChI=1S/C16H17ClN2O3S/c1-11-3-4-14(17)9-13(11)10-18-23(21,22)16-7-5-15(6-8-16)19-12(2)20/h3-9,18H,10H2,1-2H3,(H,19,20). The van der Waals surface area contributed by atoms with Gasteiger partial charge >= 0.3 is 0 Å². The topological polar surface area (TPSA) is 75.3 Å². The predicted octanol–water partition coefficient (Wildman–Crippen LogP) is 3.09. The molecule has 0 fully saturated rings. The van der Waals surface area contributed by atoms with Crippen LogP contribution in [0.2, 0.25) is 5.02 Å². The Bertz CT molecular complexity index is 818. The average Bonchev–Trinajstić information content (AvgIpc) is 2.48. The maximum absolute atomic E-state index is 12.3. The van der Waals surface area contributed by atoms with E-state index in [2.05, 4.69) is 10.0 Å². The molecule has 2 N–H and O–H groups in total. The van der Waals surface area contributed by atoms with Gasteiger partial charge in [-0.25, -0.2) is 13.1 Å². The molecule has 0 saturated carbocycles. The first kappa shape index (κ1) is 17.5. The van der Waals surface area contributed by atoms with Crippen molar-refractivity contribution in [1.82, 2.24) is 4.72 Å². The number of carbonyl (C=O) groups is 1. The van der Waals surface area contributed by atoms with Gasteiger partial charge in [-0.05, 0) is 54.4 Å². The summed E-state index contributed by atoms with van der Waals surface area (Å²) in [6.07, 6.45) is 0. The number of hydrogen-bond donors (Lipinski definition) is 2. The summed E-state index contributed by atoms with van der Waals surface area (Å²) in [7, 11) is -3.64. The number of sulfonamides is 1. The molecular formula is C16H17ClN2O3S. The Hall–Kier alpha value is -1.89. The number of nitrogens with one attached hydrogen (secondary N) is 2. The van der Waals surface area contributed by atoms with Crippen LogP contribution in [0, 0.1) is 6.92 Å². The lowest BCUT2D eigenvalue weighted by Gasteiger charge is -2.10. The van der Waals surface area contributed by atoms with Crippen molar-refractivity contribution in [3.05, 3.63) is 58.6 Å². The van der Waals surface area contributed by atoms with Crippen molar-refractivity contribution >= 4 is 33.2 Å². The molecule has 0 aliphatic rings. The predicted molar refractivity (Wildman–Crippen MR) is 91.0 cm³/mol. The van der Waals surface area contributed by atoms with Crippen molar-refractivity contribution in [1.29, 1.82) is 0 Å². The smallest absolute Gasteiger partial charge is 0.240 e. The number of halogens is 1. The number of carbonyl (C=O) groups excluding carboxylic acids is 1. The summed E-state index contributed by atoms with van der Waals surface area (Å²) in [5.41, 5.74) is 2.32. The second-order valence-electron chi connectivity index (χ2n) is 5.10. The van der Waals surface area contributed by atoms with E-state index in [1.54, 1.807) is 24.3 Å². The number of anilines is 1. The van der Waals surface area contributed by atoms with Crippen molar-refractivity contribution in [3.8, 4) is 0 Å². The van der Waals surface area contributed by atoms with E-state index in [0.29, 0.717) is 10.7 Å². The molecule has 7 heteroatoms. The van der Waals surface area contributed by atoms with E-state index < -0.39 is 10.0 Å². The third-order valence-corrected chi connectivity index (χ3v) is 4.90. The van der Waals surface area contributed by atoms with Crippen LogP contribution in [0.15, 0.2) is 47.4 Å². The lowest BCUT2D eigenvalue weighted by atomic mass is 10.1. The number of amides is 1. The van der Waals surface area contributed by atoms with Gasteiger partial charge in [0.1, 0.15) is 0 Å². The van der Waals surface area contributed by atoms with E-state index in [1.807, 2.05) is 13.0 Å². The Kier molecular flexibility index (Phi) is 5.41. The normalized spacial score (nSPS) is 11.3. The fourth-order valence-corrected chi connectivity index (χ4v) is 3.21. The highest BCUT2D eigenvalue weighted by Gasteiger charge is 2.14. The Labute approximate surface area is 140 Å². The van der Waals surface area contributed by atoms with Gasteiger partial charge in [0, 0.05) is 24.2 Å². The molecule has 2 aromatic rings. The lowest BCUT2D eigenvalue weighted by Crippen LogP contribution is -2.23. The molecule has 122 valence electrons. The largest absolute Gasteiger partial charge is 0.326 e. The molecule has 5 nitrogen and oxygen atoms in total. The van der Waals surface area contributed by atoms with Gasteiger partial charge in [-0.3, -0.25) is 4.79 Å². The first-order chi connectivity index (χ1) is 10.8. The highest BCUT2D eigenvalue weighted by atomic mass is 35.5. The number of aryl methyl sites for hydroxylation is 1. The highest BCUT2D eigenvalue weighted by Crippen LogP contribution is 2.17. The molecule has 0 unspecified atom stereocenters. The van der Waals surface area contributed by atoms with Crippen molar-refractivity contribution < 1.29 is 13.2 Å². The van der Waals surface area contributed by atoms with Crippen molar-refractivity contribution in [3.63, 3.8) is 0 Å². The monoisotopic (exact) mass is 352 g/mol. The minimum atomic E-state index is -3.64. The van der Waals surface area contributed by atoms with Crippen LogP contribution >= 0.6 is 11.6 Å². The molecule has 2 aromatic carbocycles. The van der Waals surface area contributed by atoms with E-state index in [9.17, 15) is 13.2 Å².